The average Bonchev–Trinajstić information content (AvgIpc) is 2.68. The minimum absolute atomic E-state index is 0.0440. The van der Waals surface area contributed by atoms with E-state index in [4.69, 9.17) is 15.2 Å². The van der Waals surface area contributed by atoms with E-state index in [-0.39, 0.29) is 12.1 Å². The molecule has 0 saturated carbocycles. The van der Waals surface area contributed by atoms with Crippen molar-refractivity contribution in [3.63, 3.8) is 0 Å². The highest BCUT2D eigenvalue weighted by Crippen LogP contribution is 2.36. The smallest absolute Gasteiger partial charge is 0.127 e. The normalized spacial score (nSPS) is 19.8. The van der Waals surface area contributed by atoms with E-state index < -0.39 is 0 Å². The molecule has 0 aliphatic carbocycles. The molecule has 0 spiro atoms. The van der Waals surface area contributed by atoms with Crippen LogP contribution in [0, 0.1) is 0 Å². The molecule has 2 unspecified atom stereocenters. The van der Waals surface area contributed by atoms with Gasteiger partial charge < -0.3 is 15.2 Å². The Hall–Kier alpha value is -1.48. The number of nitrogens with two attached hydrogens (primary N) is 1. The van der Waals surface area contributed by atoms with Crippen molar-refractivity contribution in [1.29, 1.82) is 0 Å². The van der Waals surface area contributed by atoms with Gasteiger partial charge in [0.25, 0.3) is 0 Å². The molecule has 3 heteroatoms. The molecular formula is C16H23NO2. The molecule has 0 amide bonds. The molecule has 19 heavy (non-hydrogen) atoms. The quantitative estimate of drug-likeness (QED) is 0.905. The van der Waals surface area contributed by atoms with Crippen molar-refractivity contribution >= 4 is 6.08 Å². The van der Waals surface area contributed by atoms with Gasteiger partial charge in [0.15, 0.2) is 0 Å². The zero-order chi connectivity index (χ0) is 14.0. The summed E-state index contributed by atoms with van der Waals surface area (Å²) in [5, 5.41) is 0. The largest absolute Gasteiger partial charge is 0.493 e. The van der Waals surface area contributed by atoms with Crippen LogP contribution < -0.4 is 15.2 Å². The van der Waals surface area contributed by atoms with Crippen LogP contribution in [0.4, 0.5) is 0 Å². The van der Waals surface area contributed by atoms with Gasteiger partial charge in [-0.2, -0.15) is 0 Å². The maximum atomic E-state index is 5.90. The first-order valence-electron chi connectivity index (χ1n) is 6.91. The Morgan fingerprint density at radius 1 is 1.58 bits per heavy atom. The summed E-state index contributed by atoms with van der Waals surface area (Å²) < 4.78 is 11.5. The number of hydrogen-bond acceptors (Lipinski definition) is 3. The van der Waals surface area contributed by atoms with Crippen LogP contribution in [0.25, 0.3) is 6.08 Å². The lowest BCUT2D eigenvalue weighted by Gasteiger charge is -2.12. The maximum absolute atomic E-state index is 5.90. The summed E-state index contributed by atoms with van der Waals surface area (Å²) in [6.07, 6.45) is 3.28. The van der Waals surface area contributed by atoms with E-state index in [1.165, 1.54) is 5.56 Å². The molecular weight excluding hydrogens is 238 g/mol. The van der Waals surface area contributed by atoms with Crippen molar-refractivity contribution < 1.29 is 9.47 Å². The van der Waals surface area contributed by atoms with E-state index in [2.05, 4.69) is 25.1 Å². The SMILES string of the molecule is CCOc1cc2c(cc1/C=C(/C)C(C)N)OC(C)C2. The molecule has 104 valence electrons. The van der Waals surface area contributed by atoms with Gasteiger partial charge in [0.2, 0.25) is 0 Å². The van der Waals surface area contributed by atoms with Crippen LogP contribution in [-0.2, 0) is 6.42 Å². The Balaban J connectivity index is 2.41. The number of fused-ring (bicyclic) bond motifs is 1. The van der Waals surface area contributed by atoms with Crippen LogP contribution in [0.2, 0.25) is 0 Å². The summed E-state index contributed by atoms with van der Waals surface area (Å²) in [4.78, 5) is 0. The monoisotopic (exact) mass is 261 g/mol. The molecule has 1 aliphatic heterocycles. The van der Waals surface area contributed by atoms with Crippen LogP contribution in [0.3, 0.4) is 0 Å². The summed E-state index contributed by atoms with van der Waals surface area (Å²) in [6.45, 7) is 8.77. The summed E-state index contributed by atoms with van der Waals surface area (Å²) in [5.41, 5.74) is 9.31. The third-order valence-corrected chi connectivity index (χ3v) is 3.43. The third kappa shape index (κ3) is 3.10. The van der Waals surface area contributed by atoms with Gasteiger partial charge >= 0.3 is 0 Å². The predicted octanol–water partition coefficient (Wildman–Crippen LogP) is 3.16. The molecule has 0 aromatic heterocycles. The number of rotatable bonds is 4. The van der Waals surface area contributed by atoms with E-state index in [1.54, 1.807) is 0 Å². The lowest BCUT2D eigenvalue weighted by Crippen LogP contribution is -2.15. The molecule has 0 saturated heterocycles. The molecule has 2 atom stereocenters. The van der Waals surface area contributed by atoms with Crippen molar-refractivity contribution in [2.24, 2.45) is 5.73 Å². The second-order valence-corrected chi connectivity index (χ2v) is 5.24. The van der Waals surface area contributed by atoms with E-state index in [0.29, 0.717) is 6.61 Å². The Kier molecular flexibility index (Phi) is 4.15. The van der Waals surface area contributed by atoms with Crippen LogP contribution in [0.5, 0.6) is 11.5 Å². The molecule has 1 aliphatic rings. The van der Waals surface area contributed by atoms with Crippen molar-refractivity contribution in [3.8, 4) is 11.5 Å². The molecule has 1 aromatic carbocycles. The van der Waals surface area contributed by atoms with E-state index >= 15 is 0 Å². The summed E-state index contributed by atoms with van der Waals surface area (Å²) in [6, 6.07) is 4.21. The second kappa shape index (κ2) is 5.66. The number of benzene rings is 1. The van der Waals surface area contributed by atoms with Crippen LogP contribution >= 0.6 is 0 Å². The minimum Gasteiger partial charge on any atom is -0.493 e. The molecule has 0 radical (unpaired) electrons. The third-order valence-electron chi connectivity index (χ3n) is 3.43. The zero-order valence-electron chi connectivity index (χ0n) is 12.2. The highest BCUT2D eigenvalue weighted by atomic mass is 16.5. The van der Waals surface area contributed by atoms with E-state index in [0.717, 1.165) is 29.1 Å². The highest BCUT2D eigenvalue weighted by molar-refractivity contribution is 5.64. The van der Waals surface area contributed by atoms with Crippen LogP contribution in [-0.4, -0.2) is 18.8 Å². The van der Waals surface area contributed by atoms with Crippen LogP contribution in [0.1, 0.15) is 38.8 Å². The molecule has 1 aromatic rings. The van der Waals surface area contributed by atoms with Gasteiger partial charge in [-0.25, -0.2) is 0 Å². The Morgan fingerprint density at radius 3 is 2.95 bits per heavy atom. The number of ether oxygens (including phenoxy) is 2. The van der Waals surface area contributed by atoms with Crippen LogP contribution in [0.15, 0.2) is 17.7 Å². The molecule has 3 nitrogen and oxygen atoms in total. The zero-order valence-corrected chi connectivity index (χ0v) is 12.2. The highest BCUT2D eigenvalue weighted by Gasteiger charge is 2.21. The number of hydrogen-bond donors (Lipinski definition) is 1. The van der Waals surface area contributed by atoms with Crippen molar-refractivity contribution in [2.45, 2.75) is 46.3 Å². The lowest BCUT2D eigenvalue weighted by molar-refractivity contribution is 0.254. The molecule has 2 rings (SSSR count). The van der Waals surface area contributed by atoms with Gasteiger partial charge in [0, 0.05) is 23.6 Å². The first-order valence-corrected chi connectivity index (χ1v) is 6.91. The lowest BCUT2D eigenvalue weighted by atomic mass is 10.0. The molecule has 0 bridgehead atoms. The standard InChI is InChI=1S/C16H23NO2/c1-5-18-15-8-14-7-11(3)19-16(14)9-13(15)6-10(2)12(4)17/h6,8-9,11-12H,5,7,17H2,1-4H3/b10-6-. The van der Waals surface area contributed by atoms with Gasteiger partial charge in [-0.05, 0) is 39.8 Å². The van der Waals surface area contributed by atoms with E-state index in [9.17, 15) is 0 Å². The van der Waals surface area contributed by atoms with Gasteiger partial charge in [0.1, 0.15) is 17.6 Å². The second-order valence-electron chi connectivity index (χ2n) is 5.24. The molecule has 1 heterocycles. The fraction of sp³-hybridized carbons (Fsp3) is 0.500. The maximum Gasteiger partial charge on any atom is 0.127 e. The van der Waals surface area contributed by atoms with E-state index in [1.807, 2.05) is 20.8 Å². The Labute approximate surface area is 115 Å². The summed E-state index contributed by atoms with van der Waals surface area (Å²) in [7, 11) is 0. The van der Waals surface area contributed by atoms with Crippen molar-refractivity contribution in [1.82, 2.24) is 0 Å². The Bertz CT molecular complexity index is 492. The van der Waals surface area contributed by atoms with Gasteiger partial charge in [-0.3, -0.25) is 0 Å². The summed E-state index contributed by atoms with van der Waals surface area (Å²) >= 11 is 0. The first-order chi connectivity index (χ1) is 9.01. The van der Waals surface area contributed by atoms with Crippen molar-refractivity contribution in [2.75, 3.05) is 6.61 Å². The topological polar surface area (TPSA) is 44.5 Å². The fourth-order valence-electron chi connectivity index (χ4n) is 2.23. The van der Waals surface area contributed by atoms with Gasteiger partial charge in [-0.1, -0.05) is 11.6 Å². The van der Waals surface area contributed by atoms with Gasteiger partial charge in [-0.15, -0.1) is 0 Å². The van der Waals surface area contributed by atoms with Gasteiger partial charge in [0.05, 0.1) is 6.61 Å². The first kappa shape index (κ1) is 13.9. The fourth-order valence-corrected chi connectivity index (χ4v) is 2.23. The summed E-state index contributed by atoms with van der Waals surface area (Å²) in [5.74, 6) is 1.89. The average molecular weight is 261 g/mol. The molecule has 0 fully saturated rings. The predicted molar refractivity (Wildman–Crippen MR) is 78.7 cm³/mol. The minimum atomic E-state index is 0.0440. The Morgan fingerprint density at radius 2 is 2.32 bits per heavy atom. The molecule has 2 N–H and O–H groups in total. The van der Waals surface area contributed by atoms with Crippen molar-refractivity contribution in [3.05, 3.63) is 28.8 Å².